The molecule has 0 atom stereocenters. The number of unbranched alkanes of at least 4 members (excludes halogenated alkanes) is 2. The molecule has 0 aliphatic carbocycles. The number of hydrogen-bond acceptors (Lipinski definition) is 4. The van der Waals surface area contributed by atoms with E-state index >= 15 is 0 Å². The van der Waals surface area contributed by atoms with Crippen molar-refractivity contribution in [3.63, 3.8) is 0 Å². The van der Waals surface area contributed by atoms with Gasteiger partial charge in [0, 0.05) is 18.5 Å². The third kappa shape index (κ3) is 5.17. The van der Waals surface area contributed by atoms with Crippen LogP contribution >= 0.6 is 0 Å². The second-order valence-corrected chi connectivity index (χ2v) is 5.28. The first kappa shape index (κ1) is 17.6. The van der Waals surface area contributed by atoms with Crippen LogP contribution in [0.2, 0.25) is 0 Å². The lowest BCUT2D eigenvalue weighted by atomic mass is 10.1. The van der Waals surface area contributed by atoms with Gasteiger partial charge in [-0.25, -0.2) is 9.87 Å². The molecule has 4 N–H and O–H groups in total. The van der Waals surface area contributed by atoms with Crippen LogP contribution in [0.4, 0.5) is 4.39 Å². The van der Waals surface area contributed by atoms with Gasteiger partial charge in [0.1, 0.15) is 11.5 Å². The molecule has 2 aromatic rings. The Bertz CT molecular complexity index is 685. The fourth-order valence-electron chi connectivity index (χ4n) is 2.15. The Balaban J connectivity index is 1.75. The number of amides is 2. The summed E-state index contributed by atoms with van der Waals surface area (Å²) in [4.78, 5) is 22.8. The summed E-state index contributed by atoms with van der Waals surface area (Å²) in [6.45, 7) is 0.477. The van der Waals surface area contributed by atoms with Crippen molar-refractivity contribution in [3.05, 3.63) is 41.8 Å². The van der Waals surface area contributed by atoms with Crippen LogP contribution in [0.5, 0.6) is 0 Å². The third-order valence-corrected chi connectivity index (χ3v) is 3.45. The largest absolute Gasteiger partial charge is 0.351 e. The van der Waals surface area contributed by atoms with E-state index in [1.165, 1.54) is 12.1 Å². The lowest BCUT2D eigenvalue weighted by molar-refractivity contribution is -0.129. The molecule has 2 amide bonds. The molecule has 0 aliphatic heterocycles. The lowest BCUT2D eigenvalue weighted by Gasteiger charge is -2.03. The molecule has 1 heterocycles. The van der Waals surface area contributed by atoms with Crippen molar-refractivity contribution in [1.82, 2.24) is 21.0 Å². The van der Waals surface area contributed by atoms with E-state index in [2.05, 4.69) is 15.5 Å². The molecule has 0 saturated carbocycles. The zero-order chi connectivity index (χ0) is 17.4. The molecule has 0 spiro atoms. The molecule has 0 bridgehead atoms. The molecule has 2 rings (SSSR count). The molecule has 0 radical (unpaired) electrons. The molecular formula is C16H19FN4O3. The van der Waals surface area contributed by atoms with E-state index in [9.17, 15) is 14.0 Å². The maximum atomic E-state index is 12.9. The van der Waals surface area contributed by atoms with E-state index < -0.39 is 5.91 Å². The number of hydrogen-bond donors (Lipinski definition) is 4. The highest BCUT2D eigenvalue weighted by molar-refractivity contribution is 5.93. The number of carbonyl (C=O) groups is 2. The molecule has 0 aliphatic rings. The summed E-state index contributed by atoms with van der Waals surface area (Å²) in [5.74, 6) is -1.02. The molecule has 0 unspecified atom stereocenters. The Kier molecular flexibility index (Phi) is 6.44. The smallest absolute Gasteiger partial charge is 0.269 e. The first-order chi connectivity index (χ1) is 11.6. The molecule has 0 saturated heterocycles. The Labute approximate surface area is 138 Å². The number of aromatic amines is 1. The van der Waals surface area contributed by atoms with Gasteiger partial charge in [-0.3, -0.25) is 19.9 Å². The van der Waals surface area contributed by atoms with E-state index in [4.69, 9.17) is 5.21 Å². The SMILES string of the molecule is O=C(CCCCCNC(=O)c1cc(-c2ccc(F)cc2)n[nH]1)NO. The summed E-state index contributed by atoms with van der Waals surface area (Å²) in [5.41, 5.74) is 3.18. The summed E-state index contributed by atoms with van der Waals surface area (Å²) in [6, 6.07) is 7.46. The Morgan fingerprint density at radius 3 is 2.62 bits per heavy atom. The van der Waals surface area contributed by atoms with Gasteiger partial charge in [0.15, 0.2) is 0 Å². The first-order valence-corrected chi connectivity index (χ1v) is 7.62. The van der Waals surface area contributed by atoms with Gasteiger partial charge in [-0.15, -0.1) is 0 Å². The van der Waals surface area contributed by atoms with Gasteiger partial charge in [-0.1, -0.05) is 6.42 Å². The van der Waals surface area contributed by atoms with Crippen LogP contribution in [0.3, 0.4) is 0 Å². The van der Waals surface area contributed by atoms with E-state index in [-0.39, 0.29) is 18.1 Å². The maximum absolute atomic E-state index is 12.9. The zero-order valence-corrected chi connectivity index (χ0v) is 13.0. The normalized spacial score (nSPS) is 10.4. The van der Waals surface area contributed by atoms with Crippen molar-refractivity contribution in [2.24, 2.45) is 0 Å². The van der Waals surface area contributed by atoms with Crippen molar-refractivity contribution in [2.75, 3.05) is 6.54 Å². The number of nitrogens with one attached hydrogen (secondary N) is 3. The Hall–Kier alpha value is -2.74. The van der Waals surface area contributed by atoms with Gasteiger partial charge in [-0.2, -0.15) is 5.10 Å². The number of hydroxylamine groups is 1. The Morgan fingerprint density at radius 1 is 1.17 bits per heavy atom. The zero-order valence-electron chi connectivity index (χ0n) is 13.0. The molecule has 8 heteroatoms. The summed E-state index contributed by atoms with van der Waals surface area (Å²) >= 11 is 0. The van der Waals surface area contributed by atoms with Crippen molar-refractivity contribution < 1.29 is 19.2 Å². The van der Waals surface area contributed by atoms with Gasteiger partial charge < -0.3 is 5.32 Å². The fraction of sp³-hybridized carbons (Fsp3) is 0.312. The van der Waals surface area contributed by atoms with Crippen LogP contribution in [0.1, 0.15) is 36.2 Å². The predicted molar refractivity (Wildman–Crippen MR) is 84.7 cm³/mol. The Morgan fingerprint density at radius 2 is 1.92 bits per heavy atom. The summed E-state index contributed by atoms with van der Waals surface area (Å²) in [6.07, 6.45) is 2.38. The average molecular weight is 334 g/mol. The standard InChI is InChI=1S/C16H19FN4O3/c17-12-7-5-11(6-8-12)13-10-14(20-19-13)16(23)18-9-3-1-2-4-15(22)21-24/h5-8,10,24H,1-4,9H2,(H,18,23)(H,19,20)(H,21,22). The highest BCUT2D eigenvalue weighted by Crippen LogP contribution is 2.17. The molecular weight excluding hydrogens is 315 g/mol. The molecule has 128 valence electrons. The quantitative estimate of drug-likeness (QED) is 0.336. The number of H-pyrrole nitrogens is 1. The number of aromatic nitrogens is 2. The van der Waals surface area contributed by atoms with Crippen LogP contribution in [-0.2, 0) is 4.79 Å². The second-order valence-electron chi connectivity index (χ2n) is 5.28. The van der Waals surface area contributed by atoms with Crippen LogP contribution in [-0.4, -0.2) is 33.8 Å². The minimum atomic E-state index is -0.412. The molecule has 0 fully saturated rings. The average Bonchev–Trinajstić information content (AvgIpc) is 3.08. The summed E-state index contributed by atoms with van der Waals surface area (Å²) in [5, 5.41) is 17.8. The molecule has 1 aromatic carbocycles. The topological polar surface area (TPSA) is 107 Å². The van der Waals surface area contributed by atoms with Crippen molar-refractivity contribution in [2.45, 2.75) is 25.7 Å². The third-order valence-electron chi connectivity index (χ3n) is 3.45. The minimum Gasteiger partial charge on any atom is -0.351 e. The van der Waals surface area contributed by atoms with Crippen LogP contribution in [0.25, 0.3) is 11.3 Å². The lowest BCUT2D eigenvalue weighted by Crippen LogP contribution is -2.24. The van der Waals surface area contributed by atoms with Crippen molar-refractivity contribution in [1.29, 1.82) is 0 Å². The highest BCUT2D eigenvalue weighted by atomic mass is 19.1. The summed E-state index contributed by atoms with van der Waals surface area (Å²) < 4.78 is 12.9. The maximum Gasteiger partial charge on any atom is 0.269 e. The number of benzene rings is 1. The monoisotopic (exact) mass is 334 g/mol. The highest BCUT2D eigenvalue weighted by Gasteiger charge is 2.10. The van der Waals surface area contributed by atoms with Crippen molar-refractivity contribution >= 4 is 11.8 Å². The van der Waals surface area contributed by atoms with Crippen molar-refractivity contribution in [3.8, 4) is 11.3 Å². The minimum absolute atomic E-state index is 0.256. The number of nitrogens with zero attached hydrogens (tertiary/aromatic N) is 1. The van der Waals surface area contributed by atoms with E-state index in [0.717, 1.165) is 12.8 Å². The molecule has 1 aromatic heterocycles. The van der Waals surface area contributed by atoms with Gasteiger partial charge in [0.25, 0.3) is 5.91 Å². The fourth-order valence-corrected chi connectivity index (χ4v) is 2.15. The van der Waals surface area contributed by atoms with Crippen LogP contribution in [0.15, 0.2) is 30.3 Å². The first-order valence-electron chi connectivity index (χ1n) is 7.62. The van der Waals surface area contributed by atoms with Gasteiger partial charge >= 0.3 is 0 Å². The van der Waals surface area contributed by atoms with Gasteiger partial charge in [0.05, 0.1) is 5.69 Å². The van der Waals surface area contributed by atoms with E-state index in [0.29, 0.717) is 29.9 Å². The van der Waals surface area contributed by atoms with Crippen LogP contribution in [0, 0.1) is 5.82 Å². The van der Waals surface area contributed by atoms with Gasteiger partial charge in [-0.05, 0) is 43.2 Å². The number of halogens is 1. The van der Waals surface area contributed by atoms with Gasteiger partial charge in [0.2, 0.25) is 5.91 Å². The second kappa shape index (κ2) is 8.78. The van der Waals surface area contributed by atoms with Crippen LogP contribution < -0.4 is 10.8 Å². The summed E-state index contributed by atoms with van der Waals surface area (Å²) in [7, 11) is 0. The van der Waals surface area contributed by atoms with E-state index in [1.807, 2.05) is 0 Å². The number of carbonyl (C=O) groups excluding carboxylic acids is 2. The van der Waals surface area contributed by atoms with E-state index in [1.54, 1.807) is 23.7 Å². The predicted octanol–water partition coefficient (Wildman–Crippen LogP) is 2.01. The molecule has 24 heavy (non-hydrogen) atoms. The number of rotatable bonds is 8. The molecule has 7 nitrogen and oxygen atoms in total.